The summed E-state index contributed by atoms with van der Waals surface area (Å²) in [7, 11) is 5.87. The van der Waals surface area contributed by atoms with Crippen molar-refractivity contribution in [2.45, 2.75) is 83.7 Å². The fourth-order valence-corrected chi connectivity index (χ4v) is 3.27. The van der Waals surface area contributed by atoms with Crippen molar-refractivity contribution in [1.82, 2.24) is 0 Å². The van der Waals surface area contributed by atoms with E-state index in [1.165, 1.54) is 0 Å². The molecule has 0 aromatic heterocycles. The zero-order valence-corrected chi connectivity index (χ0v) is 22.0. The number of aliphatic carboxylic acids is 1. The monoisotopic (exact) mass is 474 g/mol. The summed E-state index contributed by atoms with van der Waals surface area (Å²) < 4.78 is 5.96. The summed E-state index contributed by atoms with van der Waals surface area (Å²) in [6.45, 7) is 2.63. The van der Waals surface area contributed by atoms with E-state index in [9.17, 15) is 9.59 Å². The number of carboxylic acids is 1. The van der Waals surface area contributed by atoms with Crippen molar-refractivity contribution in [2.24, 2.45) is 0 Å². The van der Waals surface area contributed by atoms with E-state index in [2.05, 4.69) is 67.7 Å². The molecular formula is C29H48NO4+. The lowest BCUT2D eigenvalue weighted by molar-refractivity contribution is -0.873. The lowest BCUT2D eigenvalue weighted by Crippen LogP contribution is -2.43. The second-order valence-electron chi connectivity index (χ2n) is 9.49. The van der Waals surface area contributed by atoms with Crippen LogP contribution >= 0.6 is 0 Å². The minimum atomic E-state index is -0.941. The Morgan fingerprint density at radius 3 is 1.74 bits per heavy atom. The topological polar surface area (TPSA) is 63.6 Å². The Balaban J connectivity index is 3.79. The number of ether oxygens (including phenoxy) is 1. The Kier molecular flexibility index (Phi) is 19.7. The van der Waals surface area contributed by atoms with Gasteiger partial charge in [-0.2, -0.15) is 0 Å². The number of carboxylic acid groups (broad SMARTS) is 1. The first-order valence-corrected chi connectivity index (χ1v) is 12.7. The lowest BCUT2D eigenvalue weighted by atomic mass is 10.1. The molecule has 0 rings (SSSR count). The van der Waals surface area contributed by atoms with E-state index >= 15 is 0 Å². The summed E-state index contributed by atoms with van der Waals surface area (Å²) in [6.07, 6.45) is 30.4. The van der Waals surface area contributed by atoms with E-state index in [0.29, 0.717) is 17.4 Å². The largest absolute Gasteiger partial charge is 0.481 e. The molecule has 0 bridgehead atoms. The molecule has 0 saturated carbocycles. The molecule has 0 aromatic rings. The second-order valence-corrected chi connectivity index (χ2v) is 9.49. The molecule has 0 aromatic carbocycles. The molecule has 0 heterocycles. The van der Waals surface area contributed by atoms with Crippen molar-refractivity contribution in [3.63, 3.8) is 0 Å². The molecule has 5 heteroatoms. The minimum Gasteiger partial charge on any atom is -0.481 e. The summed E-state index contributed by atoms with van der Waals surface area (Å²) >= 11 is 0. The molecular weight excluding hydrogens is 426 g/mol. The second kappa shape index (κ2) is 21.2. The summed E-state index contributed by atoms with van der Waals surface area (Å²) in [5.74, 6) is -1.24. The quantitative estimate of drug-likeness (QED) is 0.0914. The summed E-state index contributed by atoms with van der Waals surface area (Å²) in [5.41, 5.74) is 0. The number of nitrogens with zero attached hydrogens (tertiary/aromatic N) is 1. The number of rotatable bonds is 20. The highest BCUT2D eigenvalue weighted by Gasteiger charge is 2.24. The molecule has 1 atom stereocenters. The van der Waals surface area contributed by atoms with Crippen LogP contribution in [0.2, 0.25) is 0 Å². The van der Waals surface area contributed by atoms with Gasteiger partial charge in [0.2, 0.25) is 0 Å². The smallest absolute Gasteiger partial charge is 0.307 e. The molecule has 1 unspecified atom stereocenters. The predicted octanol–water partition coefficient (Wildman–Crippen LogP) is 6.78. The standard InChI is InChI=1S/C29H47NO4/c1-5-6-7-8-9-10-11-12-13-14-15-16-17-18-19-20-21-22-23-24-29(33)34-27(25-28(31)32)26-30(2,3)4/h6-7,9-10,12-13,15-16,18-19,27H,5,8,11,14,17,20-26H2,1-4H3/p+1/b7-6+,10-9+,13-12+,16-15+,19-18+. The van der Waals surface area contributed by atoms with Gasteiger partial charge < -0.3 is 14.3 Å². The van der Waals surface area contributed by atoms with Crippen LogP contribution in [0.1, 0.15) is 77.6 Å². The Morgan fingerprint density at radius 2 is 1.26 bits per heavy atom. The highest BCUT2D eigenvalue weighted by molar-refractivity contribution is 5.71. The third kappa shape index (κ3) is 24.2. The average Bonchev–Trinajstić information content (AvgIpc) is 2.73. The fraction of sp³-hybridized carbons (Fsp3) is 0.586. The Morgan fingerprint density at radius 1 is 0.765 bits per heavy atom. The van der Waals surface area contributed by atoms with Crippen molar-refractivity contribution >= 4 is 11.9 Å². The van der Waals surface area contributed by atoms with Gasteiger partial charge in [0.1, 0.15) is 6.54 Å². The number of esters is 1. The van der Waals surface area contributed by atoms with Crippen LogP contribution in [0.3, 0.4) is 0 Å². The van der Waals surface area contributed by atoms with Crippen LogP contribution < -0.4 is 0 Å². The lowest BCUT2D eigenvalue weighted by Gasteiger charge is -2.28. The van der Waals surface area contributed by atoms with Gasteiger partial charge >= 0.3 is 11.9 Å². The van der Waals surface area contributed by atoms with Gasteiger partial charge in [0.15, 0.2) is 6.10 Å². The Hall–Kier alpha value is -2.40. The van der Waals surface area contributed by atoms with E-state index < -0.39 is 12.1 Å². The third-order valence-corrected chi connectivity index (χ3v) is 4.86. The van der Waals surface area contributed by atoms with E-state index in [0.717, 1.165) is 57.8 Å². The van der Waals surface area contributed by atoms with Crippen molar-refractivity contribution in [3.8, 4) is 0 Å². The molecule has 0 amide bonds. The number of hydrogen-bond donors (Lipinski definition) is 1. The van der Waals surface area contributed by atoms with E-state index in [4.69, 9.17) is 9.84 Å². The first-order valence-electron chi connectivity index (χ1n) is 12.7. The van der Waals surface area contributed by atoms with Crippen LogP contribution in [-0.4, -0.2) is 55.3 Å². The number of likely N-dealkylation sites (N-methyl/N-ethyl adjacent to an activating group) is 1. The van der Waals surface area contributed by atoms with E-state index in [1.807, 2.05) is 21.1 Å². The van der Waals surface area contributed by atoms with Gasteiger partial charge in [-0.25, -0.2) is 0 Å². The number of hydrogen-bond acceptors (Lipinski definition) is 3. The molecule has 0 fully saturated rings. The van der Waals surface area contributed by atoms with Gasteiger partial charge in [-0.3, -0.25) is 9.59 Å². The molecule has 0 spiro atoms. The average molecular weight is 475 g/mol. The SMILES string of the molecule is CC/C=C/C/C=C/C/C=C/C/C=C/C/C=C/CCCCCC(=O)OC(CC(=O)O)C[N+](C)(C)C. The molecule has 0 radical (unpaired) electrons. The maximum Gasteiger partial charge on any atom is 0.307 e. The fourth-order valence-electron chi connectivity index (χ4n) is 3.27. The molecule has 0 aliphatic carbocycles. The van der Waals surface area contributed by atoms with Gasteiger partial charge in [-0.15, -0.1) is 0 Å². The van der Waals surface area contributed by atoms with Gasteiger partial charge in [0.25, 0.3) is 0 Å². The molecule has 0 saturated heterocycles. The molecule has 0 aliphatic heterocycles. The van der Waals surface area contributed by atoms with Crippen molar-refractivity contribution < 1.29 is 23.9 Å². The maximum atomic E-state index is 12.0. The highest BCUT2D eigenvalue weighted by Crippen LogP contribution is 2.10. The van der Waals surface area contributed by atoms with Gasteiger partial charge in [0.05, 0.1) is 27.6 Å². The molecule has 5 nitrogen and oxygen atoms in total. The summed E-state index contributed by atoms with van der Waals surface area (Å²) in [5, 5.41) is 9.02. The Labute approximate surface area is 208 Å². The van der Waals surface area contributed by atoms with Gasteiger partial charge in [-0.05, 0) is 51.4 Å². The van der Waals surface area contributed by atoms with Crippen molar-refractivity contribution in [1.29, 1.82) is 0 Å². The van der Waals surface area contributed by atoms with Crippen LogP contribution in [0.15, 0.2) is 60.8 Å². The Bertz CT molecular complexity index is 681. The van der Waals surface area contributed by atoms with Crippen LogP contribution in [0.4, 0.5) is 0 Å². The normalized spacial score (nSPS) is 13.8. The number of carbonyl (C=O) groups is 2. The van der Waals surface area contributed by atoms with E-state index in [-0.39, 0.29) is 12.4 Å². The zero-order chi connectivity index (χ0) is 25.5. The first-order chi connectivity index (χ1) is 16.2. The summed E-state index contributed by atoms with van der Waals surface area (Å²) in [6, 6.07) is 0. The summed E-state index contributed by atoms with van der Waals surface area (Å²) in [4.78, 5) is 23.1. The number of carbonyl (C=O) groups excluding carboxylic acids is 1. The van der Waals surface area contributed by atoms with Crippen LogP contribution in [-0.2, 0) is 14.3 Å². The minimum absolute atomic E-state index is 0.147. The highest BCUT2D eigenvalue weighted by atomic mass is 16.5. The number of unbranched alkanes of at least 4 members (excludes halogenated alkanes) is 3. The van der Waals surface area contributed by atoms with Crippen molar-refractivity contribution in [3.05, 3.63) is 60.8 Å². The van der Waals surface area contributed by atoms with Gasteiger partial charge in [0, 0.05) is 6.42 Å². The van der Waals surface area contributed by atoms with E-state index in [1.54, 1.807) is 0 Å². The third-order valence-electron chi connectivity index (χ3n) is 4.86. The number of allylic oxidation sites excluding steroid dienone is 10. The molecule has 34 heavy (non-hydrogen) atoms. The molecule has 192 valence electrons. The van der Waals surface area contributed by atoms with Gasteiger partial charge in [-0.1, -0.05) is 74.1 Å². The predicted molar refractivity (Wildman–Crippen MR) is 143 cm³/mol. The first kappa shape index (κ1) is 31.6. The van der Waals surface area contributed by atoms with Crippen molar-refractivity contribution in [2.75, 3.05) is 27.7 Å². The van der Waals surface area contributed by atoms with Crippen LogP contribution in [0.5, 0.6) is 0 Å². The number of quaternary nitrogens is 1. The van der Waals surface area contributed by atoms with Crippen LogP contribution in [0.25, 0.3) is 0 Å². The molecule has 0 aliphatic rings. The maximum absolute atomic E-state index is 12.0. The van der Waals surface area contributed by atoms with Crippen LogP contribution in [0, 0.1) is 0 Å². The molecule has 1 N–H and O–H groups in total. The zero-order valence-electron chi connectivity index (χ0n) is 22.0.